The normalized spacial score (nSPS) is 17.3. The highest BCUT2D eigenvalue weighted by atomic mass is 32.1. The summed E-state index contributed by atoms with van der Waals surface area (Å²) in [5.41, 5.74) is 4.09. The lowest BCUT2D eigenvalue weighted by atomic mass is 9.71. The van der Waals surface area contributed by atoms with Crippen molar-refractivity contribution in [2.24, 2.45) is 11.3 Å². The van der Waals surface area contributed by atoms with Gasteiger partial charge in [-0.25, -0.2) is 4.98 Å². The van der Waals surface area contributed by atoms with Crippen LogP contribution in [0.1, 0.15) is 68.8 Å². The molecule has 0 atom stereocenters. The van der Waals surface area contributed by atoms with Gasteiger partial charge in [-0.3, -0.25) is 9.59 Å². The number of amides is 1. The predicted octanol–water partition coefficient (Wildman–Crippen LogP) is 7.78. The van der Waals surface area contributed by atoms with Gasteiger partial charge >= 0.3 is 5.97 Å². The minimum absolute atomic E-state index is 0.0920. The summed E-state index contributed by atoms with van der Waals surface area (Å²) in [6, 6.07) is 23.0. The molecule has 5 rings (SSSR count). The summed E-state index contributed by atoms with van der Waals surface area (Å²) in [5, 5.41) is 17.1. The van der Waals surface area contributed by atoms with Crippen molar-refractivity contribution in [2.45, 2.75) is 65.5 Å². The summed E-state index contributed by atoms with van der Waals surface area (Å²) < 4.78 is 0. The third-order valence-electron chi connectivity index (χ3n) is 8.34. The predicted molar refractivity (Wildman–Crippen MR) is 167 cm³/mol. The molecule has 0 saturated heterocycles. The largest absolute Gasteiger partial charge is 0.481 e. The molecule has 0 unspecified atom stereocenters. The first-order valence-corrected chi connectivity index (χ1v) is 15.4. The van der Waals surface area contributed by atoms with Crippen LogP contribution < -0.4 is 10.2 Å². The molecule has 1 aliphatic carbocycles. The van der Waals surface area contributed by atoms with Gasteiger partial charge in [0.15, 0.2) is 5.13 Å². The van der Waals surface area contributed by atoms with Crippen molar-refractivity contribution in [3.05, 3.63) is 83.2 Å². The second-order valence-electron chi connectivity index (χ2n) is 12.2. The first kappa shape index (κ1) is 28.8. The molecular formula is C34H39N3O3S. The molecule has 1 aliphatic rings. The van der Waals surface area contributed by atoms with Crippen LogP contribution in [0.4, 0.5) is 5.13 Å². The molecule has 1 saturated carbocycles. The Balaban J connectivity index is 1.36. The number of aliphatic carboxylic acids is 1. The number of rotatable bonds is 9. The van der Waals surface area contributed by atoms with Gasteiger partial charge in [0.05, 0.1) is 12.1 Å². The first-order valence-electron chi connectivity index (χ1n) is 14.5. The van der Waals surface area contributed by atoms with Gasteiger partial charge < -0.3 is 15.3 Å². The monoisotopic (exact) mass is 569 g/mol. The van der Waals surface area contributed by atoms with E-state index in [0.29, 0.717) is 17.0 Å². The van der Waals surface area contributed by atoms with Crippen LogP contribution >= 0.6 is 11.3 Å². The van der Waals surface area contributed by atoms with Gasteiger partial charge in [-0.15, -0.1) is 11.3 Å². The van der Waals surface area contributed by atoms with Crippen LogP contribution in [-0.4, -0.2) is 34.6 Å². The molecule has 0 bridgehead atoms. The molecule has 1 heterocycles. The molecule has 1 amide bonds. The average molecular weight is 570 g/mol. The highest BCUT2D eigenvalue weighted by Gasteiger charge is 2.33. The lowest BCUT2D eigenvalue weighted by Gasteiger charge is -2.41. The Morgan fingerprint density at radius 3 is 2.37 bits per heavy atom. The quantitative estimate of drug-likeness (QED) is 0.215. The van der Waals surface area contributed by atoms with Crippen LogP contribution in [0.5, 0.6) is 0 Å². The number of carboxylic acid groups (broad SMARTS) is 1. The molecule has 6 nitrogen and oxygen atoms in total. The number of nitrogens with zero attached hydrogens (tertiary/aromatic N) is 2. The van der Waals surface area contributed by atoms with Gasteiger partial charge in [-0.2, -0.15) is 0 Å². The van der Waals surface area contributed by atoms with Crippen LogP contribution in [0.3, 0.4) is 0 Å². The molecule has 7 heteroatoms. The van der Waals surface area contributed by atoms with Crippen molar-refractivity contribution >= 4 is 39.1 Å². The van der Waals surface area contributed by atoms with Crippen molar-refractivity contribution in [2.75, 3.05) is 11.4 Å². The molecule has 2 N–H and O–H groups in total. The highest BCUT2D eigenvalue weighted by molar-refractivity contribution is 7.14. The summed E-state index contributed by atoms with van der Waals surface area (Å²) in [7, 11) is 0. The number of carboxylic acids is 1. The van der Waals surface area contributed by atoms with Crippen molar-refractivity contribution in [1.29, 1.82) is 0 Å². The third-order valence-corrected chi connectivity index (χ3v) is 9.22. The zero-order valence-corrected chi connectivity index (χ0v) is 24.9. The van der Waals surface area contributed by atoms with E-state index in [0.717, 1.165) is 47.3 Å². The van der Waals surface area contributed by atoms with E-state index < -0.39 is 5.97 Å². The summed E-state index contributed by atoms with van der Waals surface area (Å²) in [4.78, 5) is 30.8. The lowest BCUT2D eigenvalue weighted by Crippen LogP contribution is -2.39. The summed E-state index contributed by atoms with van der Waals surface area (Å²) >= 11 is 1.70. The van der Waals surface area contributed by atoms with E-state index >= 15 is 0 Å². The van der Waals surface area contributed by atoms with Crippen LogP contribution in [0.15, 0.2) is 72.1 Å². The SMILES string of the molecule is CC(C)(C)C1CCC(N(Cc2ccc(C(=O)NCCC(=O)O)cc2)c2nc(-c3ccc4ccccc4c3)cs2)CC1. The maximum Gasteiger partial charge on any atom is 0.305 e. The molecule has 1 fully saturated rings. The number of aromatic nitrogens is 1. The smallest absolute Gasteiger partial charge is 0.305 e. The van der Waals surface area contributed by atoms with Crippen molar-refractivity contribution in [1.82, 2.24) is 10.3 Å². The third kappa shape index (κ3) is 7.14. The lowest BCUT2D eigenvalue weighted by molar-refractivity contribution is -0.136. The van der Waals surface area contributed by atoms with Gasteiger partial charge in [0, 0.05) is 35.6 Å². The van der Waals surface area contributed by atoms with E-state index in [9.17, 15) is 9.59 Å². The minimum atomic E-state index is -0.928. The van der Waals surface area contributed by atoms with Gasteiger partial charge in [0.2, 0.25) is 0 Å². The molecule has 0 aliphatic heterocycles. The number of benzene rings is 3. The molecule has 4 aromatic rings. The van der Waals surface area contributed by atoms with E-state index in [2.05, 4.69) is 78.8 Å². The second kappa shape index (κ2) is 12.4. The molecular weight excluding hydrogens is 530 g/mol. The summed E-state index contributed by atoms with van der Waals surface area (Å²) in [6.45, 7) is 7.89. The zero-order chi connectivity index (χ0) is 29.0. The number of carbonyl (C=O) groups excluding carboxylic acids is 1. The van der Waals surface area contributed by atoms with Crippen LogP contribution in [-0.2, 0) is 11.3 Å². The van der Waals surface area contributed by atoms with Crippen molar-refractivity contribution < 1.29 is 14.7 Å². The average Bonchev–Trinajstić information content (AvgIpc) is 3.45. The Kier molecular flexibility index (Phi) is 8.74. The van der Waals surface area contributed by atoms with Gasteiger partial charge in [-0.1, -0.05) is 69.3 Å². The maximum absolute atomic E-state index is 12.4. The first-order chi connectivity index (χ1) is 19.7. The fraction of sp³-hybridized carbons (Fsp3) is 0.382. The Labute approximate surface area is 246 Å². The second-order valence-corrected chi connectivity index (χ2v) is 13.0. The molecule has 0 spiro atoms. The maximum atomic E-state index is 12.4. The fourth-order valence-electron chi connectivity index (χ4n) is 5.83. The van der Waals surface area contributed by atoms with Crippen molar-refractivity contribution in [3.8, 4) is 11.3 Å². The van der Waals surface area contributed by atoms with Crippen molar-refractivity contribution in [3.63, 3.8) is 0 Å². The zero-order valence-electron chi connectivity index (χ0n) is 24.1. The van der Waals surface area contributed by atoms with Gasteiger partial charge in [0.25, 0.3) is 5.91 Å². The van der Waals surface area contributed by atoms with Gasteiger partial charge in [0.1, 0.15) is 0 Å². The Hall–Kier alpha value is -3.71. The highest BCUT2D eigenvalue weighted by Crippen LogP contribution is 2.41. The number of anilines is 1. The van der Waals surface area contributed by atoms with E-state index in [4.69, 9.17) is 10.1 Å². The van der Waals surface area contributed by atoms with Crippen LogP contribution in [0.2, 0.25) is 0 Å². The number of nitrogens with one attached hydrogen (secondary N) is 1. The van der Waals surface area contributed by atoms with Crippen LogP contribution in [0.25, 0.3) is 22.0 Å². The summed E-state index contributed by atoms with van der Waals surface area (Å²) in [5.74, 6) is -0.456. The molecule has 1 aromatic heterocycles. The number of carbonyl (C=O) groups is 2. The number of hydrogen-bond acceptors (Lipinski definition) is 5. The number of hydrogen-bond donors (Lipinski definition) is 2. The van der Waals surface area contributed by atoms with Gasteiger partial charge in [-0.05, 0) is 71.6 Å². The van der Waals surface area contributed by atoms with E-state index in [-0.39, 0.29) is 18.9 Å². The summed E-state index contributed by atoms with van der Waals surface area (Å²) in [6.07, 6.45) is 4.60. The Bertz CT molecular complexity index is 1500. The topological polar surface area (TPSA) is 82.5 Å². The molecule has 3 aromatic carbocycles. The minimum Gasteiger partial charge on any atom is -0.481 e. The molecule has 41 heavy (non-hydrogen) atoms. The van der Waals surface area contributed by atoms with E-state index in [1.54, 1.807) is 11.3 Å². The molecule has 0 radical (unpaired) electrons. The Morgan fingerprint density at radius 2 is 1.68 bits per heavy atom. The van der Waals surface area contributed by atoms with E-state index in [1.807, 2.05) is 24.3 Å². The number of thiazole rings is 1. The number of fused-ring (bicyclic) bond motifs is 1. The Morgan fingerprint density at radius 1 is 0.976 bits per heavy atom. The standard InChI is InChI=1S/C34H39N3O3S/c1-34(2,3)28-14-16-29(17-15-28)37(21-23-8-10-25(11-9-23)32(40)35-19-18-31(38)39)33-36-30(22-41-33)27-13-12-24-6-4-5-7-26(24)20-27/h4-13,20,22,28-29H,14-19,21H2,1-3H3,(H,35,40)(H,38,39). The van der Waals surface area contributed by atoms with E-state index in [1.165, 1.54) is 23.6 Å². The molecule has 214 valence electrons. The fourth-order valence-corrected chi connectivity index (χ4v) is 6.73. The van der Waals surface area contributed by atoms with Crippen LogP contribution in [0, 0.1) is 11.3 Å².